The van der Waals surface area contributed by atoms with E-state index in [9.17, 15) is 14.4 Å². The molecule has 0 aliphatic carbocycles. The second kappa shape index (κ2) is 11.7. The predicted molar refractivity (Wildman–Crippen MR) is 106 cm³/mol. The van der Waals surface area contributed by atoms with E-state index in [0.29, 0.717) is 17.8 Å². The number of benzene rings is 1. The first-order valence-corrected chi connectivity index (χ1v) is 8.55. The molecule has 0 aliphatic heterocycles. The molecule has 0 bridgehead atoms. The fraction of sp³-hybridized carbons (Fsp3) is 0.471. The molecule has 0 fully saturated rings. The number of carbonyl (C=O) groups excluding carboxylic acids is 3. The summed E-state index contributed by atoms with van der Waals surface area (Å²) < 4.78 is 0. The van der Waals surface area contributed by atoms with Crippen molar-refractivity contribution in [1.82, 2.24) is 10.6 Å². The zero-order valence-corrected chi connectivity index (χ0v) is 16.7. The van der Waals surface area contributed by atoms with Gasteiger partial charge in [0.15, 0.2) is 0 Å². The second-order valence-corrected chi connectivity index (χ2v) is 6.39. The quantitative estimate of drug-likeness (QED) is 0.529. The van der Waals surface area contributed by atoms with Crippen LogP contribution in [0.25, 0.3) is 0 Å². The van der Waals surface area contributed by atoms with Crippen molar-refractivity contribution < 1.29 is 14.4 Å². The number of nitrogens with two attached hydrogens (primary N) is 1. The van der Waals surface area contributed by atoms with Crippen LogP contribution in [0.3, 0.4) is 0 Å². The molecular formula is C17H26Cl2N4O3. The highest BCUT2D eigenvalue weighted by Crippen LogP contribution is 2.21. The standard InChI is InChI=1S/C17H25ClN4O3.ClH/c1-4-7-20-16(24)12-6-5-11(8-13(12)18)22-14(23)9-21-17(25)15(19)10(2)3;/h5-6,8,10,15H,4,7,9,19H2,1-3H3,(H,20,24)(H,21,25)(H,22,23);1H/t15-;/m0./s1. The Balaban J connectivity index is 0.00000625. The van der Waals surface area contributed by atoms with Gasteiger partial charge in [0.2, 0.25) is 11.8 Å². The third kappa shape index (κ3) is 7.59. The van der Waals surface area contributed by atoms with Crippen LogP contribution < -0.4 is 21.7 Å². The van der Waals surface area contributed by atoms with Crippen LogP contribution in [0, 0.1) is 5.92 Å². The van der Waals surface area contributed by atoms with Gasteiger partial charge >= 0.3 is 0 Å². The van der Waals surface area contributed by atoms with Gasteiger partial charge in [0.1, 0.15) is 0 Å². The van der Waals surface area contributed by atoms with E-state index in [1.807, 2.05) is 20.8 Å². The van der Waals surface area contributed by atoms with Crippen molar-refractivity contribution in [1.29, 1.82) is 0 Å². The van der Waals surface area contributed by atoms with Crippen molar-refractivity contribution in [3.05, 3.63) is 28.8 Å². The lowest BCUT2D eigenvalue weighted by atomic mass is 10.1. The molecule has 26 heavy (non-hydrogen) atoms. The molecule has 146 valence electrons. The summed E-state index contributed by atoms with van der Waals surface area (Å²) in [5.41, 5.74) is 6.47. The first-order valence-electron chi connectivity index (χ1n) is 8.17. The molecule has 1 aromatic carbocycles. The van der Waals surface area contributed by atoms with Gasteiger partial charge in [-0.1, -0.05) is 32.4 Å². The van der Waals surface area contributed by atoms with E-state index in [-0.39, 0.29) is 41.7 Å². The van der Waals surface area contributed by atoms with Crippen LogP contribution in [0.2, 0.25) is 5.02 Å². The summed E-state index contributed by atoms with van der Waals surface area (Å²) in [6.45, 7) is 5.96. The Hall–Kier alpha value is -1.83. The highest BCUT2D eigenvalue weighted by atomic mass is 35.5. The number of halogens is 2. The number of amides is 3. The summed E-state index contributed by atoms with van der Waals surface area (Å²) in [4.78, 5) is 35.5. The first-order chi connectivity index (χ1) is 11.8. The molecule has 0 saturated heterocycles. The fourth-order valence-electron chi connectivity index (χ4n) is 1.90. The minimum Gasteiger partial charge on any atom is -0.352 e. The van der Waals surface area contributed by atoms with Crippen LogP contribution in [0.15, 0.2) is 18.2 Å². The van der Waals surface area contributed by atoms with Gasteiger partial charge in [-0.15, -0.1) is 12.4 Å². The lowest BCUT2D eigenvalue weighted by molar-refractivity contribution is -0.125. The van der Waals surface area contributed by atoms with Crippen LogP contribution in [0.4, 0.5) is 5.69 Å². The lowest BCUT2D eigenvalue weighted by Crippen LogP contribution is -2.46. The van der Waals surface area contributed by atoms with Crippen molar-refractivity contribution in [3.63, 3.8) is 0 Å². The maximum Gasteiger partial charge on any atom is 0.252 e. The van der Waals surface area contributed by atoms with Gasteiger partial charge in [0.05, 0.1) is 23.2 Å². The molecule has 5 N–H and O–H groups in total. The zero-order valence-electron chi connectivity index (χ0n) is 15.1. The molecule has 1 aromatic rings. The Morgan fingerprint density at radius 2 is 1.85 bits per heavy atom. The molecule has 0 radical (unpaired) electrons. The Morgan fingerprint density at radius 3 is 2.38 bits per heavy atom. The molecule has 0 heterocycles. The Morgan fingerprint density at radius 1 is 1.19 bits per heavy atom. The molecule has 7 nitrogen and oxygen atoms in total. The SMILES string of the molecule is CCCNC(=O)c1ccc(NC(=O)CNC(=O)[C@@H](N)C(C)C)cc1Cl.Cl. The normalized spacial score (nSPS) is 11.3. The minimum absolute atomic E-state index is 0. The summed E-state index contributed by atoms with van der Waals surface area (Å²) in [6.07, 6.45) is 0.823. The smallest absolute Gasteiger partial charge is 0.252 e. The molecule has 0 unspecified atom stereocenters. The molecule has 0 saturated carbocycles. The number of rotatable bonds is 8. The Labute approximate surface area is 164 Å². The molecule has 0 aromatic heterocycles. The van der Waals surface area contributed by atoms with E-state index in [2.05, 4.69) is 16.0 Å². The maximum atomic E-state index is 11.9. The highest BCUT2D eigenvalue weighted by molar-refractivity contribution is 6.34. The summed E-state index contributed by atoms with van der Waals surface area (Å²) in [7, 11) is 0. The lowest BCUT2D eigenvalue weighted by Gasteiger charge is -2.15. The van der Waals surface area contributed by atoms with Crippen LogP contribution in [0.1, 0.15) is 37.6 Å². The van der Waals surface area contributed by atoms with Gasteiger partial charge in [0, 0.05) is 12.2 Å². The average molecular weight is 405 g/mol. The van der Waals surface area contributed by atoms with Gasteiger partial charge in [0.25, 0.3) is 5.91 Å². The van der Waals surface area contributed by atoms with E-state index in [1.165, 1.54) is 12.1 Å². The summed E-state index contributed by atoms with van der Waals surface area (Å²) in [5.74, 6) is -1.08. The van der Waals surface area contributed by atoms with E-state index >= 15 is 0 Å². The second-order valence-electron chi connectivity index (χ2n) is 5.99. The highest BCUT2D eigenvalue weighted by Gasteiger charge is 2.18. The van der Waals surface area contributed by atoms with Crippen molar-refractivity contribution in [2.45, 2.75) is 33.2 Å². The topological polar surface area (TPSA) is 113 Å². The molecule has 1 atom stereocenters. The van der Waals surface area contributed by atoms with E-state index < -0.39 is 11.9 Å². The van der Waals surface area contributed by atoms with E-state index in [1.54, 1.807) is 6.07 Å². The number of nitrogens with one attached hydrogen (secondary N) is 3. The van der Waals surface area contributed by atoms with Crippen LogP contribution in [-0.4, -0.2) is 36.9 Å². The van der Waals surface area contributed by atoms with Crippen LogP contribution in [0.5, 0.6) is 0 Å². The van der Waals surface area contributed by atoms with Gasteiger partial charge in [-0.2, -0.15) is 0 Å². The summed E-state index contributed by atoms with van der Waals surface area (Å²) >= 11 is 6.09. The van der Waals surface area contributed by atoms with Crippen molar-refractivity contribution in [2.75, 3.05) is 18.4 Å². The molecule has 9 heteroatoms. The average Bonchev–Trinajstić information content (AvgIpc) is 2.56. The number of hydrogen-bond acceptors (Lipinski definition) is 4. The van der Waals surface area contributed by atoms with E-state index in [4.69, 9.17) is 17.3 Å². The monoisotopic (exact) mass is 404 g/mol. The predicted octanol–water partition coefficient (Wildman–Crippen LogP) is 1.94. The Bertz CT molecular complexity index is 638. The van der Waals surface area contributed by atoms with Gasteiger partial charge < -0.3 is 21.7 Å². The van der Waals surface area contributed by atoms with Crippen molar-refractivity contribution in [3.8, 4) is 0 Å². The molecular weight excluding hydrogens is 379 g/mol. The molecule has 0 spiro atoms. The number of hydrogen-bond donors (Lipinski definition) is 4. The van der Waals surface area contributed by atoms with Crippen LogP contribution in [-0.2, 0) is 9.59 Å². The number of carbonyl (C=O) groups is 3. The third-order valence-electron chi connectivity index (χ3n) is 3.48. The largest absolute Gasteiger partial charge is 0.352 e. The van der Waals surface area contributed by atoms with Gasteiger partial charge in [-0.3, -0.25) is 14.4 Å². The molecule has 3 amide bonds. The van der Waals surface area contributed by atoms with Crippen molar-refractivity contribution in [2.24, 2.45) is 11.7 Å². The Kier molecular flexibility index (Phi) is 10.9. The van der Waals surface area contributed by atoms with E-state index in [0.717, 1.165) is 6.42 Å². The van der Waals surface area contributed by atoms with Gasteiger partial charge in [-0.25, -0.2) is 0 Å². The van der Waals surface area contributed by atoms with Crippen LogP contribution >= 0.6 is 24.0 Å². The molecule has 0 aliphatic rings. The fourth-order valence-corrected chi connectivity index (χ4v) is 2.17. The van der Waals surface area contributed by atoms with Crippen molar-refractivity contribution >= 4 is 47.4 Å². The summed E-state index contributed by atoms with van der Waals surface area (Å²) in [6, 6.07) is 3.94. The molecule has 1 rings (SSSR count). The number of anilines is 1. The third-order valence-corrected chi connectivity index (χ3v) is 3.79. The summed E-state index contributed by atoms with van der Waals surface area (Å²) in [5, 5.41) is 8.05. The van der Waals surface area contributed by atoms with Gasteiger partial charge in [-0.05, 0) is 30.5 Å². The first kappa shape index (κ1) is 24.2. The minimum atomic E-state index is -0.664. The zero-order chi connectivity index (χ0) is 19.0. The maximum absolute atomic E-state index is 11.9.